The van der Waals surface area contributed by atoms with Gasteiger partial charge in [-0.25, -0.2) is 9.59 Å². The summed E-state index contributed by atoms with van der Waals surface area (Å²) in [6.45, 7) is 8.94. The van der Waals surface area contributed by atoms with Crippen LogP contribution in [-0.4, -0.2) is 59.9 Å². The maximum absolute atomic E-state index is 11.4. The molecule has 4 rings (SSSR count). The Balaban J connectivity index is 1.25. The van der Waals surface area contributed by atoms with E-state index in [2.05, 4.69) is 74.5 Å². The summed E-state index contributed by atoms with van der Waals surface area (Å²) in [6.07, 6.45) is 3.28. The van der Waals surface area contributed by atoms with Gasteiger partial charge in [0.25, 0.3) is 0 Å². The molecule has 0 aliphatic carbocycles. The highest BCUT2D eigenvalue weighted by atomic mass is 32.2. The minimum Gasteiger partial charge on any atom is -0.490 e. The van der Waals surface area contributed by atoms with Crippen LogP contribution in [0.2, 0.25) is 0 Å². The Morgan fingerprint density at radius 1 is 0.640 bits per heavy atom. The van der Waals surface area contributed by atoms with Crippen molar-refractivity contribution in [1.29, 1.82) is 0 Å². The maximum atomic E-state index is 11.4. The van der Waals surface area contributed by atoms with Crippen LogP contribution in [0, 0.1) is 0 Å². The molecule has 0 aliphatic rings. The van der Waals surface area contributed by atoms with Gasteiger partial charge in [0.2, 0.25) is 0 Å². The molecule has 0 fully saturated rings. The lowest BCUT2D eigenvalue weighted by molar-refractivity contribution is -0.150. The molecule has 0 heterocycles. The van der Waals surface area contributed by atoms with Crippen molar-refractivity contribution in [2.75, 3.05) is 25.6 Å². The number of rotatable bonds is 19. The number of carboxylic acids is 2. The SMILES string of the molecule is CCOC(Cc1ccc(OCC=C(C)c2ccc(-c3ccc(C(C)=CCSc4ccc(CC(OCC)C(=O)O)cc4)cc3)cc2)cc1)C(=O)O. The number of hydrogen-bond acceptors (Lipinski definition) is 6. The molecule has 50 heavy (non-hydrogen) atoms. The van der Waals surface area contributed by atoms with Crippen molar-refractivity contribution in [3.05, 3.63) is 131 Å². The van der Waals surface area contributed by atoms with E-state index in [0.29, 0.717) is 32.7 Å². The van der Waals surface area contributed by atoms with E-state index in [1.807, 2.05) is 48.5 Å². The van der Waals surface area contributed by atoms with Crippen molar-refractivity contribution < 1.29 is 34.0 Å². The minimum atomic E-state index is -0.959. The second kappa shape index (κ2) is 19.5. The maximum Gasteiger partial charge on any atom is 0.333 e. The topological polar surface area (TPSA) is 102 Å². The van der Waals surface area contributed by atoms with E-state index in [-0.39, 0.29) is 0 Å². The van der Waals surface area contributed by atoms with Gasteiger partial charge in [-0.1, -0.05) is 78.9 Å². The van der Waals surface area contributed by atoms with Gasteiger partial charge >= 0.3 is 11.9 Å². The number of aliphatic carboxylic acids is 2. The van der Waals surface area contributed by atoms with Crippen LogP contribution in [0.3, 0.4) is 0 Å². The first-order chi connectivity index (χ1) is 24.2. The molecule has 0 saturated carbocycles. The van der Waals surface area contributed by atoms with Crippen LogP contribution in [0.1, 0.15) is 49.9 Å². The number of hydrogen-bond donors (Lipinski definition) is 2. The van der Waals surface area contributed by atoms with Crippen LogP contribution >= 0.6 is 11.8 Å². The van der Waals surface area contributed by atoms with Crippen molar-refractivity contribution in [1.82, 2.24) is 0 Å². The van der Waals surface area contributed by atoms with Crippen LogP contribution in [0.15, 0.2) is 114 Å². The minimum absolute atomic E-state index is 0.313. The highest BCUT2D eigenvalue weighted by molar-refractivity contribution is 7.99. The number of ether oxygens (including phenoxy) is 3. The number of benzene rings is 4. The lowest BCUT2D eigenvalue weighted by Crippen LogP contribution is -2.26. The molecule has 0 saturated heterocycles. The van der Waals surface area contributed by atoms with Crippen LogP contribution in [0.25, 0.3) is 22.3 Å². The van der Waals surface area contributed by atoms with Crippen LogP contribution in [-0.2, 0) is 31.9 Å². The Hall–Kier alpha value is -4.63. The van der Waals surface area contributed by atoms with Crippen molar-refractivity contribution in [3.63, 3.8) is 0 Å². The average molecular weight is 695 g/mol. The zero-order valence-electron chi connectivity index (χ0n) is 29.1. The van der Waals surface area contributed by atoms with Crippen LogP contribution in [0.4, 0.5) is 0 Å². The van der Waals surface area contributed by atoms with E-state index in [9.17, 15) is 19.8 Å². The first kappa shape index (κ1) is 38.2. The van der Waals surface area contributed by atoms with E-state index in [0.717, 1.165) is 49.8 Å². The van der Waals surface area contributed by atoms with Gasteiger partial charge in [0.1, 0.15) is 12.4 Å². The van der Waals surface area contributed by atoms with Crippen LogP contribution in [0.5, 0.6) is 5.75 Å². The van der Waals surface area contributed by atoms with E-state index < -0.39 is 24.1 Å². The van der Waals surface area contributed by atoms with Gasteiger partial charge in [0.05, 0.1) is 0 Å². The van der Waals surface area contributed by atoms with Crippen molar-refractivity contribution in [3.8, 4) is 16.9 Å². The third kappa shape index (κ3) is 11.8. The number of thioether (sulfide) groups is 1. The molecule has 0 aliphatic heterocycles. The Morgan fingerprint density at radius 3 is 1.52 bits per heavy atom. The number of carbonyl (C=O) groups is 2. The Kier molecular flexibility index (Phi) is 14.9. The Bertz CT molecular complexity index is 1590. The van der Waals surface area contributed by atoms with Crippen LogP contribution < -0.4 is 4.74 Å². The molecule has 8 heteroatoms. The summed E-state index contributed by atoms with van der Waals surface area (Å²) in [5, 5.41) is 18.6. The van der Waals surface area contributed by atoms with Crippen molar-refractivity contribution >= 4 is 34.8 Å². The zero-order chi connectivity index (χ0) is 35.9. The van der Waals surface area contributed by atoms with E-state index in [1.165, 1.54) is 11.1 Å². The summed E-state index contributed by atoms with van der Waals surface area (Å²) in [4.78, 5) is 23.8. The van der Waals surface area contributed by atoms with Gasteiger partial charge in [-0.3, -0.25) is 0 Å². The van der Waals surface area contributed by atoms with Gasteiger partial charge in [-0.05, 0) is 103 Å². The van der Waals surface area contributed by atoms with Gasteiger partial charge < -0.3 is 24.4 Å². The predicted molar refractivity (Wildman–Crippen MR) is 202 cm³/mol. The van der Waals surface area contributed by atoms with Crippen molar-refractivity contribution in [2.24, 2.45) is 0 Å². The first-order valence-electron chi connectivity index (χ1n) is 16.8. The molecule has 2 atom stereocenters. The second-order valence-corrected chi connectivity index (χ2v) is 12.9. The molecule has 2 unspecified atom stereocenters. The molecular formula is C42H46O7S. The van der Waals surface area contributed by atoms with E-state index >= 15 is 0 Å². The summed E-state index contributed by atoms with van der Waals surface area (Å²) in [6, 6.07) is 32.6. The first-order valence-corrected chi connectivity index (χ1v) is 17.8. The van der Waals surface area contributed by atoms with E-state index in [1.54, 1.807) is 25.6 Å². The normalized spacial score (nSPS) is 13.1. The molecule has 0 amide bonds. The molecule has 262 valence electrons. The molecule has 0 aromatic heterocycles. The Labute approximate surface area is 299 Å². The number of allylic oxidation sites excluding steroid dienone is 2. The molecule has 4 aromatic carbocycles. The fourth-order valence-corrected chi connectivity index (χ4v) is 6.18. The molecule has 2 N–H and O–H groups in total. The quantitative estimate of drug-likeness (QED) is 0.0938. The summed E-state index contributed by atoms with van der Waals surface area (Å²) in [5.74, 6) is -0.339. The number of carboxylic acid groups (broad SMARTS) is 2. The van der Waals surface area contributed by atoms with Gasteiger partial charge in [0.15, 0.2) is 12.2 Å². The monoisotopic (exact) mass is 694 g/mol. The smallest absolute Gasteiger partial charge is 0.333 e. The predicted octanol–water partition coefficient (Wildman–Crippen LogP) is 9.10. The molecule has 0 spiro atoms. The fourth-order valence-electron chi connectivity index (χ4n) is 5.32. The Morgan fingerprint density at radius 2 is 1.08 bits per heavy atom. The standard InChI is InChI=1S/C42H46O7S/c1-5-47-39(41(43)44)27-31-7-19-37(20-8-31)49-25-23-29(3)33-11-15-35(16-12-33)36-17-13-34(14-18-36)30(4)24-26-50-38-21-9-32(10-22-38)28-40(42(45)46)48-6-2/h7-24,39-40H,5-6,25-28H2,1-4H3,(H,43,44)(H,45,46). The molecule has 4 aromatic rings. The summed E-state index contributed by atoms with van der Waals surface area (Å²) < 4.78 is 16.5. The second-order valence-electron chi connectivity index (χ2n) is 11.8. The molecular weight excluding hydrogens is 649 g/mol. The third-order valence-corrected chi connectivity index (χ3v) is 9.21. The van der Waals surface area contributed by atoms with E-state index in [4.69, 9.17) is 14.2 Å². The largest absolute Gasteiger partial charge is 0.490 e. The zero-order valence-corrected chi connectivity index (χ0v) is 30.0. The summed E-state index contributed by atoms with van der Waals surface area (Å²) in [5.41, 5.74) is 8.77. The van der Waals surface area contributed by atoms with Crippen molar-refractivity contribution in [2.45, 2.75) is 57.6 Å². The lowest BCUT2D eigenvalue weighted by Gasteiger charge is -2.12. The molecule has 0 radical (unpaired) electrons. The highest BCUT2D eigenvalue weighted by Gasteiger charge is 2.18. The van der Waals surface area contributed by atoms with Gasteiger partial charge in [-0.2, -0.15) is 0 Å². The average Bonchev–Trinajstić information content (AvgIpc) is 3.12. The third-order valence-electron chi connectivity index (χ3n) is 8.27. The summed E-state index contributed by atoms with van der Waals surface area (Å²) >= 11 is 1.74. The molecule has 7 nitrogen and oxygen atoms in total. The highest BCUT2D eigenvalue weighted by Crippen LogP contribution is 2.26. The van der Waals surface area contributed by atoms with Gasteiger partial charge in [-0.15, -0.1) is 11.8 Å². The van der Waals surface area contributed by atoms with Gasteiger partial charge in [0, 0.05) is 36.7 Å². The summed E-state index contributed by atoms with van der Waals surface area (Å²) in [7, 11) is 0. The fraction of sp³-hybridized carbons (Fsp3) is 0.286. The molecule has 0 bridgehead atoms. The lowest BCUT2D eigenvalue weighted by atomic mass is 9.98.